The molecule has 1 amide bonds. The molecule has 0 aliphatic carbocycles. The lowest BCUT2D eigenvalue weighted by Gasteiger charge is -2.26. The molecule has 2 heterocycles. The molecule has 2 atom stereocenters. The van der Waals surface area contributed by atoms with Gasteiger partial charge in [-0.2, -0.15) is 0 Å². The summed E-state index contributed by atoms with van der Waals surface area (Å²) in [6.45, 7) is 2.15. The van der Waals surface area contributed by atoms with Gasteiger partial charge in [-0.3, -0.25) is 4.79 Å². The molecule has 0 unspecified atom stereocenters. The number of ether oxygens (including phenoxy) is 4. The second-order valence-electron chi connectivity index (χ2n) is 6.68. The number of benzene rings is 2. The van der Waals surface area contributed by atoms with Gasteiger partial charge in [0.1, 0.15) is 25.1 Å². The number of hydrogen-bond acceptors (Lipinski definition) is 5. The van der Waals surface area contributed by atoms with E-state index in [0.29, 0.717) is 31.1 Å². The normalized spacial score (nSPS) is 20.9. The second kappa shape index (κ2) is 8.31. The van der Waals surface area contributed by atoms with E-state index in [0.717, 1.165) is 30.9 Å². The lowest BCUT2D eigenvalue weighted by Crippen LogP contribution is -2.40. The summed E-state index contributed by atoms with van der Waals surface area (Å²) in [5, 5.41) is 2.89. The topological polar surface area (TPSA) is 66.0 Å². The zero-order chi connectivity index (χ0) is 18.5. The summed E-state index contributed by atoms with van der Waals surface area (Å²) in [5.74, 6) is 2.03. The molecule has 1 fully saturated rings. The summed E-state index contributed by atoms with van der Waals surface area (Å²) in [4.78, 5) is 12.3. The quantitative estimate of drug-likeness (QED) is 0.848. The first-order valence-electron chi connectivity index (χ1n) is 9.29. The van der Waals surface area contributed by atoms with Crippen molar-refractivity contribution in [2.75, 3.05) is 26.4 Å². The third kappa shape index (κ3) is 4.52. The zero-order valence-corrected chi connectivity index (χ0v) is 15.1. The van der Waals surface area contributed by atoms with Gasteiger partial charge in [-0.25, -0.2) is 0 Å². The molecular weight excluding hydrogens is 346 g/mol. The van der Waals surface area contributed by atoms with Crippen LogP contribution in [-0.2, 0) is 4.74 Å². The molecule has 1 N–H and O–H groups in total. The molecule has 2 aromatic rings. The van der Waals surface area contributed by atoms with Crippen LogP contribution >= 0.6 is 0 Å². The van der Waals surface area contributed by atoms with Gasteiger partial charge in [-0.05, 0) is 49.2 Å². The zero-order valence-electron chi connectivity index (χ0n) is 15.1. The van der Waals surface area contributed by atoms with Gasteiger partial charge < -0.3 is 24.3 Å². The third-order valence-electron chi connectivity index (χ3n) is 4.63. The first-order valence-corrected chi connectivity index (χ1v) is 9.29. The van der Waals surface area contributed by atoms with Crippen LogP contribution in [0.5, 0.6) is 17.2 Å². The number of carbonyl (C=O) groups excluding carboxylic acids is 1. The van der Waals surface area contributed by atoms with E-state index >= 15 is 0 Å². The Bertz CT molecular complexity index is 770. The molecule has 2 aliphatic heterocycles. The standard InChI is InChI=1S/C21H23NO5/c23-21(22-12-18-14-26-19-5-1-2-6-20(19)27-18)15-7-9-16(10-8-15)25-13-17-4-3-11-24-17/h1-2,5-10,17-18H,3-4,11-14H2,(H,22,23)/t17-,18-/m0/s1. The smallest absolute Gasteiger partial charge is 0.251 e. The van der Waals surface area contributed by atoms with E-state index in [2.05, 4.69) is 5.32 Å². The molecule has 6 heteroatoms. The van der Waals surface area contributed by atoms with E-state index in [-0.39, 0.29) is 18.1 Å². The molecule has 0 bridgehead atoms. The number of amides is 1. The van der Waals surface area contributed by atoms with Crippen molar-refractivity contribution < 1.29 is 23.7 Å². The highest BCUT2D eigenvalue weighted by Crippen LogP contribution is 2.30. The van der Waals surface area contributed by atoms with Crippen LogP contribution in [0.15, 0.2) is 48.5 Å². The Morgan fingerprint density at radius 1 is 1.07 bits per heavy atom. The summed E-state index contributed by atoms with van der Waals surface area (Å²) in [5.41, 5.74) is 0.580. The molecule has 2 aliphatic rings. The van der Waals surface area contributed by atoms with Crippen LogP contribution in [0.4, 0.5) is 0 Å². The van der Waals surface area contributed by atoms with Crippen LogP contribution in [0, 0.1) is 0 Å². The number of hydrogen-bond donors (Lipinski definition) is 1. The lowest BCUT2D eigenvalue weighted by molar-refractivity contribution is 0.0679. The van der Waals surface area contributed by atoms with Crippen LogP contribution in [-0.4, -0.2) is 44.5 Å². The van der Waals surface area contributed by atoms with Gasteiger partial charge >= 0.3 is 0 Å². The van der Waals surface area contributed by atoms with E-state index in [1.54, 1.807) is 24.3 Å². The van der Waals surface area contributed by atoms with E-state index < -0.39 is 0 Å². The van der Waals surface area contributed by atoms with Crippen LogP contribution in [0.1, 0.15) is 23.2 Å². The number of para-hydroxylation sites is 2. The van der Waals surface area contributed by atoms with Gasteiger partial charge in [-0.1, -0.05) is 12.1 Å². The largest absolute Gasteiger partial charge is 0.491 e. The molecule has 27 heavy (non-hydrogen) atoms. The van der Waals surface area contributed by atoms with Gasteiger partial charge in [0, 0.05) is 12.2 Å². The van der Waals surface area contributed by atoms with Crippen molar-refractivity contribution in [1.82, 2.24) is 5.32 Å². The first-order chi connectivity index (χ1) is 13.3. The summed E-state index contributed by atoms with van der Waals surface area (Å²) >= 11 is 0. The van der Waals surface area contributed by atoms with Crippen molar-refractivity contribution in [3.05, 3.63) is 54.1 Å². The van der Waals surface area contributed by atoms with Crippen molar-refractivity contribution in [2.45, 2.75) is 25.0 Å². The van der Waals surface area contributed by atoms with Gasteiger partial charge in [0.15, 0.2) is 11.5 Å². The van der Waals surface area contributed by atoms with Crippen molar-refractivity contribution >= 4 is 5.91 Å². The maximum Gasteiger partial charge on any atom is 0.251 e. The Balaban J connectivity index is 1.25. The fraction of sp³-hybridized carbons (Fsp3) is 0.381. The molecule has 6 nitrogen and oxygen atoms in total. The third-order valence-corrected chi connectivity index (χ3v) is 4.63. The monoisotopic (exact) mass is 369 g/mol. The second-order valence-corrected chi connectivity index (χ2v) is 6.68. The number of rotatable bonds is 6. The fourth-order valence-electron chi connectivity index (χ4n) is 3.14. The van der Waals surface area contributed by atoms with Crippen LogP contribution in [0.3, 0.4) is 0 Å². The Morgan fingerprint density at radius 2 is 1.89 bits per heavy atom. The lowest BCUT2D eigenvalue weighted by atomic mass is 10.2. The molecular formula is C21H23NO5. The number of nitrogens with one attached hydrogen (secondary N) is 1. The van der Waals surface area contributed by atoms with Crippen molar-refractivity contribution in [2.24, 2.45) is 0 Å². The summed E-state index contributed by atoms with van der Waals surface area (Å²) in [6.07, 6.45) is 2.10. The van der Waals surface area contributed by atoms with Gasteiger partial charge in [0.05, 0.1) is 12.6 Å². The van der Waals surface area contributed by atoms with Gasteiger partial charge in [0.2, 0.25) is 0 Å². The number of carbonyl (C=O) groups is 1. The van der Waals surface area contributed by atoms with Gasteiger partial charge in [-0.15, -0.1) is 0 Å². The Hall–Kier alpha value is -2.73. The summed E-state index contributed by atoms with van der Waals surface area (Å²) in [6, 6.07) is 14.7. The molecule has 0 aromatic heterocycles. The van der Waals surface area contributed by atoms with E-state index in [1.807, 2.05) is 24.3 Å². The average Bonchev–Trinajstić information content (AvgIpc) is 3.24. The van der Waals surface area contributed by atoms with Crippen molar-refractivity contribution in [3.63, 3.8) is 0 Å². The highest BCUT2D eigenvalue weighted by atomic mass is 16.6. The van der Waals surface area contributed by atoms with E-state index in [9.17, 15) is 4.79 Å². The first kappa shape index (κ1) is 17.7. The molecule has 2 aromatic carbocycles. The average molecular weight is 369 g/mol. The molecule has 1 saturated heterocycles. The minimum atomic E-state index is -0.210. The molecule has 4 rings (SSSR count). The van der Waals surface area contributed by atoms with Crippen molar-refractivity contribution in [1.29, 1.82) is 0 Å². The molecule has 0 spiro atoms. The fourth-order valence-corrected chi connectivity index (χ4v) is 3.14. The Kier molecular flexibility index (Phi) is 5.44. The summed E-state index contributed by atoms with van der Waals surface area (Å²) in [7, 11) is 0. The Labute approximate surface area is 158 Å². The predicted octanol–water partition coefficient (Wildman–Crippen LogP) is 2.81. The highest BCUT2D eigenvalue weighted by molar-refractivity contribution is 5.94. The summed E-state index contributed by atoms with van der Waals surface area (Å²) < 4.78 is 22.8. The maximum absolute atomic E-state index is 12.3. The van der Waals surface area contributed by atoms with Gasteiger partial charge in [0.25, 0.3) is 5.91 Å². The minimum absolute atomic E-state index is 0.150. The van der Waals surface area contributed by atoms with Crippen LogP contribution in [0.2, 0.25) is 0 Å². The van der Waals surface area contributed by atoms with Crippen LogP contribution < -0.4 is 19.5 Å². The Morgan fingerprint density at radius 3 is 2.67 bits per heavy atom. The molecule has 0 saturated carbocycles. The van der Waals surface area contributed by atoms with Crippen molar-refractivity contribution in [3.8, 4) is 17.2 Å². The highest BCUT2D eigenvalue weighted by Gasteiger charge is 2.21. The number of fused-ring (bicyclic) bond motifs is 1. The van der Waals surface area contributed by atoms with E-state index in [4.69, 9.17) is 18.9 Å². The SMILES string of the molecule is O=C(NC[C@H]1COc2ccccc2O1)c1ccc(OC[C@@H]2CCCO2)cc1. The van der Waals surface area contributed by atoms with E-state index in [1.165, 1.54) is 0 Å². The van der Waals surface area contributed by atoms with Crippen LogP contribution in [0.25, 0.3) is 0 Å². The molecule has 142 valence electrons. The molecule has 0 radical (unpaired) electrons. The maximum atomic E-state index is 12.3. The predicted molar refractivity (Wildman–Crippen MR) is 99.6 cm³/mol. The minimum Gasteiger partial charge on any atom is -0.491 e.